The van der Waals surface area contributed by atoms with E-state index in [1.807, 2.05) is 73.7 Å². The molecule has 0 spiro atoms. The summed E-state index contributed by atoms with van der Waals surface area (Å²) in [4.78, 5) is 33.0. The number of amides is 2. The minimum absolute atomic E-state index is 0.00519. The van der Waals surface area contributed by atoms with Crippen LogP contribution >= 0.6 is 0 Å². The molecule has 196 valence electrons. The van der Waals surface area contributed by atoms with Crippen LogP contribution < -0.4 is 0 Å². The van der Waals surface area contributed by atoms with Gasteiger partial charge in [0.15, 0.2) is 0 Å². The highest BCUT2D eigenvalue weighted by atomic mass is 16.5. The summed E-state index contributed by atoms with van der Waals surface area (Å²) in [5.74, 6) is 1.29. The Hall–Kier alpha value is -3.42. The van der Waals surface area contributed by atoms with Gasteiger partial charge in [0.25, 0.3) is 5.91 Å². The van der Waals surface area contributed by atoms with Crippen LogP contribution in [0.15, 0.2) is 71.1 Å². The summed E-state index contributed by atoms with van der Waals surface area (Å²) in [5.41, 5.74) is 2.80. The second kappa shape index (κ2) is 13.2. The fourth-order valence-electron chi connectivity index (χ4n) is 4.46. The number of benzene rings is 2. The van der Waals surface area contributed by atoms with Gasteiger partial charge in [0, 0.05) is 38.3 Å². The average Bonchev–Trinajstić information content (AvgIpc) is 3.35. The second-order valence-corrected chi connectivity index (χ2v) is 9.48. The van der Waals surface area contributed by atoms with Crippen LogP contribution in [0.3, 0.4) is 0 Å². The van der Waals surface area contributed by atoms with Crippen molar-refractivity contribution >= 4 is 11.8 Å². The van der Waals surface area contributed by atoms with Crippen molar-refractivity contribution in [2.75, 3.05) is 45.9 Å². The molecule has 0 aliphatic carbocycles. The molecule has 7 nitrogen and oxygen atoms in total. The Balaban J connectivity index is 1.52. The Labute approximate surface area is 219 Å². The van der Waals surface area contributed by atoms with Gasteiger partial charge in [0.05, 0.1) is 19.8 Å². The Morgan fingerprint density at radius 3 is 2.24 bits per heavy atom. The summed E-state index contributed by atoms with van der Waals surface area (Å²) >= 11 is 0. The number of carbonyl (C=O) groups is 2. The first kappa shape index (κ1) is 26.6. The van der Waals surface area contributed by atoms with Gasteiger partial charge < -0.3 is 19.0 Å². The SMILES string of the molecule is CCc1ccc(C(=O)N(CCN2CCOCC2)CC(=O)N(Cc2ccccc2)Cc2ccc(C)o2)cc1. The monoisotopic (exact) mass is 503 g/mol. The molecule has 0 saturated carbocycles. The molecular formula is C30H37N3O4. The largest absolute Gasteiger partial charge is 0.464 e. The highest BCUT2D eigenvalue weighted by Gasteiger charge is 2.24. The minimum Gasteiger partial charge on any atom is -0.464 e. The number of carbonyl (C=O) groups excluding carboxylic acids is 2. The zero-order valence-electron chi connectivity index (χ0n) is 21.9. The van der Waals surface area contributed by atoms with Gasteiger partial charge >= 0.3 is 0 Å². The molecule has 1 aromatic heterocycles. The van der Waals surface area contributed by atoms with Gasteiger partial charge in [-0.25, -0.2) is 0 Å². The van der Waals surface area contributed by atoms with Crippen LogP contribution in [0.1, 0.15) is 39.9 Å². The van der Waals surface area contributed by atoms with Crippen molar-refractivity contribution in [1.82, 2.24) is 14.7 Å². The molecule has 3 aromatic rings. The van der Waals surface area contributed by atoms with E-state index in [2.05, 4.69) is 11.8 Å². The third-order valence-corrected chi connectivity index (χ3v) is 6.72. The molecule has 2 heterocycles. The molecule has 0 atom stereocenters. The molecule has 1 fully saturated rings. The first-order valence-corrected chi connectivity index (χ1v) is 13.1. The number of morpholine rings is 1. The van der Waals surface area contributed by atoms with Crippen LogP contribution in [0.4, 0.5) is 0 Å². The first-order valence-electron chi connectivity index (χ1n) is 13.1. The standard InChI is InChI=1S/C30H37N3O4/c1-3-25-10-12-27(13-11-25)30(35)32(16-15-31-17-19-36-20-18-31)23-29(34)33(21-26-7-5-4-6-8-26)22-28-14-9-24(2)37-28/h4-14H,3,15-23H2,1-2H3. The fraction of sp³-hybridized carbons (Fsp3) is 0.400. The van der Waals surface area contributed by atoms with E-state index in [0.717, 1.165) is 36.6 Å². The fourth-order valence-corrected chi connectivity index (χ4v) is 4.46. The average molecular weight is 504 g/mol. The van der Waals surface area contributed by atoms with Crippen molar-refractivity contribution in [2.45, 2.75) is 33.4 Å². The Kier molecular flexibility index (Phi) is 9.52. The molecule has 1 saturated heterocycles. The van der Waals surface area contributed by atoms with Crippen molar-refractivity contribution in [3.05, 3.63) is 94.9 Å². The normalized spacial score (nSPS) is 13.9. The van der Waals surface area contributed by atoms with Gasteiger partial charge in [-0.2, -0.15) is 0 Å². The zero-order chi connectivity index (χ0) is 26.0. The van der Waals surface area contributed by atoms with Crippen LogP contribution in [-0.2, 0) is 29.0 Å². The highest BCUT2D eigenvalue weighted by molar-refractivity contribution is 5.96. The number of aryl methyl sites for hydroxylation is 2. The molecule has 7 heteroatoms. The van der Waals surface area contributed by atoms with E-state index in [9.17, 15) is 9.59 Å². The molecule has 0 bridgehead atoms. The summed E-state index contributed by atoms with van der Waals surface area (Å²) in [5, 5.41) is 0. The van der Waals surface area contributed by atoms with Crippen LogP contribution in [0, 0.1) is 6.92 Å². The lowest BCUT2D eigenvalue weighted by Crippen LogP contribution is -2.47. The number of nitrogens with zero attached hydrogens (tertiary/aromatic N) is 3. The summed E-state index contributed by atoms with van der Waals surface area (Å²) in [6.45, 7) is 8.99. The lowest BCUT2D eigenvalue weighted by molar-refractivity contribution is -0.133. The summed E-state index contributed by atoms with van der Waals surface area (Å²) < 4.78 is 11.2. The van der Waals surface area contributed by atoms with E-state index >= 15 is 0 Å². The van der Waals surface area contributed by atoms with Crippen molar-refractivity contribution in [2.24, 2.45) is 0 Å². The van der Waals surface area contributed by atoms with Crippen molar-refractivity contribution in [3.63, 3.8) is 0 Å². The summed E-state index contributed by atoms with van der Waals surface area (Å²) in [6.07, 6.45) is 0.911. The Morgan fingerprint density at radius 1 is 0.865 bits per heavy atom. The van der Waals surface area contributed by atoms with Gasteiger partial charge in [-0.05, 0) is 48.7 Å². The Bertz CT molecular complexity index is 1140. The van der Waals surface area contributed by atoms with Crippen molar-refractivity contribution < 1.29 is 18.7 Å². The van der Waals surface area contributed by atoms with Gasteiger partial charge in [-0.1, -0.05) is 49.4 Å². The number of furan rings is 1. The van der Waals surface area contributed by atoms with Crippen LogP contribution in [0.25, 0.3) is 0 Å². The van der Waals surface area contributed by atoms with Gasteiger partial charge in [0.1, 0.15) is 18.1 Å². The highest BCUT2D eigenvalue weighted by Crippen LogP contribution is 2.15. The first-order chi connectivity index (χ1) is 18.0. The van der Waals surface area contributed by atoms with E-state index in [1.165, 1.54) is 5.56 Å². The quantitative estimate of drug-likeness (QED) is 0.393. The van der Waals surface area contributed by atoms with Gasteiger partial charge in [-0.15, -0.1) is 0 Å². The maximum absolute atomic E-state index is 13.7. The molecule has 4 rings (SSSR count). The molecule has 1 aliphatic rings. The smallest absolute Gasteiger partial charge is 0.254 e. The molecule has 2 amide bonds. The number of hydrogen-bond acceptors (Lipinski definition) is 5. The van der Waals surface area contributed by atoms with Gasteiger partial charge in [-0.3, -0.25) is 14.5 Å². The number of rotatable bonds is 11. The Morgan fingerprint density at radius 2 is 1.59 bits per heavy atom. The zero-order valence-corrected chi connectivity index (χ0v) is 21.9. The molecule has 37 heavy (non-hydrogen) atoms. The van der Waals surface area contributed by atoms with E-state index in [-0.39, 0.29) is 18.4 Å². The molecule has 2 aromatic carbocycles. The van der Waals surface area contributed by atoms with Crippen LogP contribution in [0.2, 0.25) is 0 Å². The number of hydrogen-bond donors (Lipinski definition) is 0. The third-order valence-electron chi connectivity index (χ3n) is 6.72. The van der Waals surface area contributed by atoms with E-state index in [1.54, 1.807) is 9.80 Å². The van der Waals surface area contributed by atoms with Crippen LogP contribution in [-0.4, -0.2) is 72.5 Å². The molecular weight excluding hydrogens is 466 g/mol. The summed E-state index contributed by atoms with van der Waals surface area (Å²) in [7, 11) is 0. The van der Waals surface area contributed by atoms with Crippen LogP contribution in [0.5, 0.6) is 0 Å². The van der Waals surface area contributed by atoms with Crippen molar-refractivity contribution in [3.8, 4) is 0 Å². The van der Waals surface area contributed by atoms with E-state index < -0.39 is 0 Å². The van der Waals surface area contributed by atoms with E-state index in [4.69, 9.17) is 9.15 Å². The predicted molar refractivity (Wildman–Crippen MR) is 143 cm³/mol. The number of ether oxygens (including phenoxy) is 1. The lowest BCUT2D eigenvalue weighted by Gasteiger charge is -2.31. The lowest BCUT2D eigenvalue weighted by atomic mass is 10.1. The molecule has 0 radical (unpaired) electrons. The van der Waals surface area contributed by atoms with E-state index in [0.29, 0.717) is 45.0 Å². The second-order valence-electron chi connectivity index (χ2n) is 9.48. The minimum atomic E-state index is -0.127. The third kappa shape index (κ3) is 7.78. The maximum atomic E-state index is 13.7. The topological polar surface area (TPSA) is 66.2 Å². The summed E-state index contributed by atoms with van der Waals surface area (Å²) in [6, 6.07) is 21.4. The molecule has 1 aliphatic heterocycles. The maximum Gasteiger partial charge on any atom is 0.254 e. The predicted octanol–water partition coefficient (Wildman–Crippen LogP) is 4.15. The van der Waals surface area contributed by atoms with Gasteiger partial charge in [0.2, 0.25) is 5.91 Å². The molecule has 0 N–H and O–H groups in total. The van der Waals surface area contributed by atoms with Crippen molar-refractivity contribution in [1.29, 1.82) is 0 Å². The molecule has 0 unspecified atom stereocenters.